The van der Waals surface area contributed by atoms with Crippen LogP contribution in [0.3, 0.4) is 0 Å². The minimum atomic E-state index is 0.581. The SMILES string of the molecule is NC(=Nc1ccccc1)SCc1ccccc1Br. The van der Waals surface area contributed by atoms with E-state index >= 15 is 0 Å². The molecule has 0 spiro atoms. The lowest BCUT2D eigenvalue weighted by Gasteiger charge is -2.03. The van der Waals surface area contributed by atoms with Crippen molar-refractivity contribution < 1.29 is 0 Å². The first-order chi connectivity index (χ1) is 8.75. The average Bonchev–Trinajstić information content (AvgIpc) is 2.39. The van der Waals surface area contributed by atoms with Crippen molar-refractivity contribution in [2.45, 2.75) is 5.75 Å². The van der Waals surface area contributed by atoms with E-state index < -0.39 is 0 Å². The summed E-state index contributed by atoms with van der Waals surface area (Å²) in [6.07, 6.45) is 0. The van der Waals surface area contributed by atoms with Crippen molar-refractivity contribution in [1.29, 1.82) is 0 Å². The van der Waals surface area contributed by atoms with Gasteiger partial charge in [0.15, 0.2) is 5.17 Å². The van der Waals surface area contributed by atoms with Crippen LogP contribution in [0, 0.1) is 0 Å². The number of rotatable bonds is 3. The first kappa shape index (κ1) is 13.2. The molecule has 0 atom stereocenters. The van der Waals surface area contributed by atoms with Gasteiger partial charge in [-0.1, -0.05) is 64.1 Å². The van der Waals surface area contributed by atoms with Gasteiger partial charge in [0.1, 0.15) is 0 Å². The van der Waals surface area contributed by atoms with Crippen molar-refractivity contribution in [3.8, 4) is 0 Å². The number of para-hydroxylation sites is 1. The lowest BCUT2D eigenvalue weighted by molar-refractivity contribution is 1.39. The number of hydrogen-bond acceptors (Lipinski definition) is 2. The summed E-state index contributed by atoms with van der Waals surface area (Å²) in [6, 6.07) is 17.9. The number of hydrogen-bond donors (Lipinski definition) is 1. The van der Waals surface area contributed by atoms with E-state index in [4.69, 9.17) is 5.73 Å². The normalized spacial score (nSPS) is 11.5. The molecule has 0 unspecified atom stereocenters. The number of benzene rings is 2. The van der Waals surface area contributed by atoms with Crippen LogP contribution in [0.25, 0.3) is 0 Å². The zero-order valence-corrected chi connectivity index (χ0v) is 12.1. The predicted molar refractivity (Wildman–Crippen MR) is 83.2 cm³/mol. The van der Waals surface area contributed by atoms with E-state index in [-0.39, 0.29) is 0 Å². The molecule has 18 heavy (non-hydrogen) atoms. The number of nitrogens with two attached hydrogens (primary N) is 1. The first-order valence-corrected chi connectivity index (χ1v) is 7.29. The van der Waals surface area contributed by atoms with Gasteiger partial charge >= 0.3 is 0 Å². The third-order valence-corrected chi connectivity index (χ3v) is 3.94. The van der Waals surface area contributed by atoms with E-state index in [2.05, 4.69) is 27.0 Å². The molecule has 2 aromatic carbocycles. The fraction of sp³-hybridized carbons (Fsp3) is 0.0714. The minimum absolute atomic E-state index is 0.581. The molecule has 0 aliphatic heterocycles. The van der Waals surface area contributed by atoms with Crippen LogP contribution in [0.5, 0.6) is 0 Å². The summed E-state index contributed by atoms with van der Waals surface area (Å²) in [7, 11) is 0. The van der Waals surface area contributed by atoms with Crippen LogP contribution in [0.4, 0.5) is 5.69 Å². The van der Waals surface area contributed by atoms with Gasteiger partial charge in [-0.25, -0.2) is 4.99 Å². The highest BCUT2D eigenvalue weighted by Crippen LogP contribution is 2.22. The summed E-state index contributed by atoms with van der Waals surface area (Å²) in [6.45, 7) is 0. The Labute approximate surface area is 119 Å². The molecule has 0 radical (unpaired) electrons. The second-order valence-electron chi connectivity index (χ2n) is 3.67. The van der Waals surface area contributed by atoms with E-state index in [1.165, 1.54) is 17.3 Å². The topological polar surface area (TPSA) is 38.4 Å². The molecule has 0 aliphatic rings. The minimum Gasteiger partial charge on any atom is -0.378 e. The summed E-state index contributed by atoms with van der Waals surface area (Å²) in [5.41, 5.74) is 8.00. The maximum Gasteiger partial charge on any atom is 0.159 e. The summed E-state index contributed by atoms with van der Waals surface area (Å²) < 4.78 is 1.10. The van der Waals surface area contributed by atoms with Crippen LogP contribution in [0.2, 0.25) is 0 Å². The summed E-state index contributed by atoms with van der Waals surface area (Å²) >= 11 is 5.06. The van der Waals surface area contributed by atoms with E-state index in [9.17, 15) is 0 Å². The summed E-state index contributed by atoms with van der Waals surface area (Å²) in [5.74, 6) is 0.809. The van der Waals surface area contributed by atoms with Gasteiger partial charge in [-0.05, 0) is 23.8 Å². The Balaban J connectivity index is 1.99. The second kappa shape index (κ2) is 6.61. The van der Waals surface area contributed by atoms with Crippen molar-refractivity contribution in [2.24, 2.45) is 10.7 Å². The molecule has 2 N–H and O–H groups in total. The molecule has 0 aliphatic carbocycles. The van der Waals surface area contributed by atoms with Gasteiger partial charge in [0, 0.05) is 10.2 Å². The largest absolute Gasteiger partial charge is 0.378 e. The Hall–Kier alpha value is -1.26. The molecular formula is C14H13BrN2S. The maximum absolute atomic E-state index is 5.90. The van der Waals surface area contributed by atoms with Crippen molar-refractivity contribution in [3.63, 3.8) is 0 Å². The molecule has 2 aromatic rings. The molecule has 0 saturated heterocycles. The molecule has 4 heteroatoms. The highest BCUT2D eigenvalue weighted by atomic mass is 79.9. The number of aliphatic imine (C=N–C) groups is 1. The Morgan fingerprint density at radius 2 is 1.72 bits per heavy atom. The van der Waals surface area contributed by atoms with Crippen LogP contribution in [-0.4, -0.2) is 5.17 Å². The monoisotopic (exact) mass is 320 g/mol. The van der Waals surface area contributed by atoms with Crippen LogP contribution in [0.15, 0.2) is 64.1 Å². The van der Waals surface area contributed by atoms with Crippen molar-refractivity contribution in [3.05, 3.63) is 64.6 Å². The maximum atomic E-state index is 5.90. The molecule has 0 fully saturated rings. The molecule has 0 aromatic heterocycles. The molecule has 0 bridgehead atoms. The molecule has 0 saturated carbocycles. The molecule has 92 valence electrons. The van der Waals surface area contributed by atoms with Gasteiger partial charge in [-0.15, -0.1) is 0 Å². The fourth-order valence-corrected chi connectivity index (χ4v) is 2.76. The van der Waals surface area contributed by atoms with Crippen LogP contribution in [0.1, 0.15) is 5.56 Å². The Kier molecular flexibility index (Phi) is 4.84. The fourth-order valence-electron chi connectivity index (χ4n) is 1.43. The number of amidine groups is 1. The number of halogens is 1. The van der Waals surface area contributed by atoms with E-state index in [0.717, 1.165) is 15.9 Å². The van der Waals surface area contributed by atoms with Gasteiger partial charge in [0.25, 0.3) is 0 Å². The van der Waals surface area contributed by atoms with Crippen LogP contribution >= 0.6 is 27.7 Å². The van der Waals surface area contributed by atoms with E-state index in [1.807, 2.05) is 48.5 Å². The lowest BCUT2D eigenvalue weighted by Crippen LogP contribution is -2.06. The zero-order chi connectivity index (χ0) is 12.8. The van der Waals surface area contributed by atoms with Gasteiger partial charge in [0.2, 0.25) is 0 Å². The average molecular weight is 321 g/mol. The standard InChI is InChI=1S/C14H13BrN2S/c15-13-9-5-4-6-11(13)10-18-14(16)17-12-7-2-1-3-8-12/h1-9H,10H2,(H2,16,17). The predicted octanol–water partition coefficient (Wildman–Crippen LogP) is 4.33. The third-order valence-electron chi connectivity index (χ3n) is 2.33. The third kappa shape index (κ3) is 3.89. The van der Waals surface area contributed by atoms with Gasteiger partial charge in [-0.2, -0.15) is 0 Å². The molecule has 0 heterocycles. The lowest BCUT2D eigenvalue weighted by atomic mass is 10.2. The van der Waals surface area contributed by atoms with Gasteiger partial charge in [-0.3, -0.25) is 0 Å². The second-order valence-corrected chi connectivity index (χ2v) is 5.52. The van der Waals surface area contributed by atoms with Crippen LogP contribution in [-0.2, 0) is 5.75 Å². The smallest absolute Gasteiger partial charge is 0.159 e. The number of thioether (sulfide) groups is 1. The van der Waals surface area contributed by atoms with Crippen molar-refractivity contribution in [1.82, 2.24) is 0 Å². The molecule has 2 rings (SSSR count). The van der Waals surface area contributed by atoms with E-state index in [1.54, 1.807) is 0 Å². The summed E-state index contributed by atoms with van der Waals surface area (Å²) in [5, 5.41) is 0.581. The zero-order valence-electron chi connectivity index (χ0n) is 9.71. The number of nitrogens with zero attached hydrogens (tertiary/aromatic N) is 1. The first-order valence-electron chi connectivity index (χ1n) is 5.51. The Bertz CT molecular complexity index is 541. The van der Waals surface area contributed by atoms with Crippen molar-refractivity contribution >= 4 is 38.5 Å². The summed E-state index contributed by atoms with van der Waals surface area (Å²) in [4.78, 5) is 4.35. The Morgan fingerprint density at radius 3 is 2.44 bits per heavy atom. The molecule has 2 nitrogen and oxygen atoms in total. The molecule has 0 amide bonds. The van der Waals surface area contributed by atoms with Crippen molar-refractivity contribution in [2.75, 3.05) is 0 Å². The Morgan fingerprint density at radius 1 is 1.06 bits per heavy atom. The highest BCUT2D eigenvalue weighted by Gasteiger charge is 2.01. The highest BCUT2D eigenvalue weighted by molar-refractivity contribution is 9.10. The van der Waals surface area contributed by atoms with Crippen LogP contribution < -0.4 is 5.73 Å². The van der Waals surface area contributed by atoms with E-state index in [0.29, 0.717) is 5.17 Å². The molecular weight excluding hydrogens is 308 g/mol. The van der Waals surface area contributed by atoms with Gasteiger partial charge < -0.3 is 5.73 Å². The van der Waals surface area contributed by atoms with Gasteiger partial charge in [0.05, 0.1) is 5.69 Å². The quantitative estimate of drug-likeness (QED) is 0.675.